The van der Waals surface area contributed by atoms with Gasteiger partial charge >= 0.3 is 5.97 Å². The average Bonchev–Trinajstić information content (AvgIpc) is 2.37. The maximum absolute atomic E-state index is 12.0. The molecule has 0 aromatic carbocycles. The maximum Gasteiger partial charge on any atom is 0.353 e. The SMILES string of the molecule is CCOC(=O)C(O)(C#N)C1C2CC3CC(C2)CC1C3. The molecular weight excluding hydrogens is 242 g/mol. The maximum atomic E-state index is 12.0. The number of ether oxygens (including phenoxy) is 1. The number of hydrogen-bond donors (Lipinski definition) is 1. The van der Waals surface area contributed by atoms with Crippen molar-refractivity contribution in [2.24, 2.45) is 29.6 Å². The Kier molecular flexibility index (Phi) is 3.05. The normalized spacial score (nSPS) is 42.5. The first kappa shape index (κ1) is 12.9. The third-order valence-corrected chi connectivity index (χ3v) is 5.47. The molecular formula is C15H21NO3. The molecule has 4 saturated carbocycles. The van der Waals surface area contributed by atoms with Crippen molar-refractivity contribution in [2.45, 2.75) is 44.6 Å². The van der Waals surface area contributed by atoms with Gasteiger partial charge < -0.3 is 9.84 Å². The molecule has 1 atom stereocenters. The zero-order valence-corrected chi connectivity index (χ0v) is 11.3. The molecule has 0 heterocycles. The summed E-state index contributed by atoms with van der Waals surface area (Å²) in [6, 6.07) is 1.87. The van der Waals surface area contributed by atoms with Crippen LogP contribution in [-0.4, -0.2) is 23.3 Å². The van der Waals surface area contributed by atoms with Crippen LogP contribution in [0.4, 0.5) is 0 Å². The average molecular weight is 263 g/mol. The summed E-state index contributed by atoms with van der Waals surface area (Å²) >= 11 is 0. The molecule has 4 rings (SSSR count). The van der Waals surface area contributed by atoms with Gasteiger partial charge in [-0.2, -0.15) is 5.26 Å². The zero-order chi connectivity index (χ0) is 13.6. The van der Waals surface area contributed by atoms with Crippen LogP contribution in [0.5, 0.6) is 0 Å². The van der Waals surface area contributed by atoms with Gasteiger partial charge in [-0.3, -0.25) is 0 Å². The second-order valence-electron chi connectivity index (χ2n) is 6.56. The van der Waals surface area contributed by atoms with E-state index in [-0.39, 0.29) is 12.5 Å². The van der Waals surface area contributed by atoms with E-state index in [1.807, 2.05) is 6.07 Å². The third-order valence-electron chi connectivity index (χ3n) is 5.47. The minimum Gasteiger partial charge on any atom is -0.463 e. The fourth-order valence-electron chi connectivity index (χ4n) is 5.10. The molecule has 19 heavy (non-hydrogen) atoms. The number of nitriles is 1. The molecule has 4 aliphatic carbocycles. The standard InChI is InChI=1S/C15H21NO3/c1-2-19-14(17)15(18,8-16)13-11-4-9-3-10(6-11)7-12(13)5-9/h9-13,18H,2-7H2,1H3. The predicted molar refractivity (Wildman–Crippen MR) is 67.7 cm³/mol. The largest absolute Gasteiger partial charge is 0.463 e. The minimum absolute atomic E-state index is 0.204. The first-order chi connectivity index (χ1) is 9.08. The monoisotopic (exact) mass is 263 g/mol. The Hall–Kier alpha value is -1.08. The van der Waals surface area contributed by atoms with E-state index in [2.05, 4.69) is 0 Å². The molecule has 4 aliphatic rings. The molecule has 1 unspecified atom stereocenters. The Bertz CT molecular complexity index is 400. The van der Waals surface area contributed by atoms with E-state index >= 15 is 0 Å². The summed E-state index contributed by atoms with van der Waals surface area (Å²) in [5, 5.41) is 20.0. The van der Waals surface area contributed by atoms with E-state index in [0.29, 0.717) is 11.8 Å². The van der Waals surface area contributed by atoms with Crippen LogP contribution in [0.1, 0.15) is 39.0 Å². The highest BCUT2D eigenvalue weighted by Gasteiger charge is 2.59. The first-order valence-electron chi connectivity index (χ1n) is 7.39. The number of esters is 1. The summed E-state index contributed by atoms with van der Waals surface area (Å²) in [7, 11) is 0. The van der Waals surface area contributed by atoms with Crippen LogP contribution in [0.3, 0.4) is 0 Å². The van der Waals surface area contributed by atoms with Crippen LogP contribution < -0.4 is 0 Å². The van der Waals surface area contributed by atoms with Gasteiger partial charge in [-0.15, -0.1) is 0 Å². The predicted octanol–water partition coefficient (Wildman–Crippen LogP) is 1.88. The quantitative estimate of drug-likeness (QED) is 0.623. The van der Waals surface area contributed by atoms with Gasteiger partial charge in [0.05, 0.1) is 6.61 Å². The van der Waals surface area contributed by atoms with Gasteiger partial charge in [0.25, 0.3) is 5.60 Å². The van der Waals surface area contributed by atoms with Crippen LogP contribution >= 0.6 is 0 Å². The van der Waals surface area contributed by atoms with Crippen molar-refractivity contribution in [2.75, 3.05) is 6.61 Å². The van der Waals surface area contributed by atoms with E-state index in [4.69, 9.17) is 4.74 Å². The van der Waals surface area contributed by atoms with Gasteiger partial charge in [-0.1, -0.05) is 0 Å². The molecule has 0 aromatic rings. The Morgan fingerprint density at radius 3 is 2.21 bits per heavy atom. The first-order valence-corrected chi connectivity index (χ1v) is 7.39. The summed E-state index contributed by atoms with van der Waals surface area (Å²) in [5.74, 6) is 1.20. The molecule has 0 aromatic heterocycles. The van der Waals surface area contributed by atoms with Crippen molar-refractivity contribution in [1.82, 2.24) is 0 Å². The molecule has 104 valence electrons. The van der Waals surface area contributed by atoms with Crippen molar-refractivity contribution < 1.29 is 14.6 Å². The number of carbonyl (C=O) groups is 1. The van der Waals surface area contributed by atoms with Crippen molar-refractivity contribution in [1.29, 1.82) is 5.26 Å². The number of aliphatic hydroxyl groups is 1. The fraction of sp³-hybridized carbons (Fsp3) is 0.867. The van der Waals surface area contributed by atoms with Gasteiger partial charge in [0.2, 0.25) is 0 Å². The summed E-state index contributed by atoms with van der Waals surface area (Å²) < 4.78 is 4.94. The molecule has 4 nitrogen and oxygen atoms in total. The lowest BCUT2D eigenvalue weighted by Gasteiger charge is -2.56. The zero-order valence-electron chi connectivity index (χ0n) is 11.3. The lowest BCUT2D eigenvalue weighted by molar-refractivity contribution is -0.179. The number of hydrogen-bond acceptors (Lipinski definition) is 4. The van der Waals surface area contributed by atoms with Gasteiger partial charge in [-0.05, 0) is 62.7 Å². The minimum atomic E-state index is -1.93. The highest BCUT2D eigenvalue weighted by molar-refractivity contribution is 5.83. The van der Waals surface area contributed by atoms with Gasteiger partial charge in [0, 0.05) is 5.92 Å². The van der Waals surface area contributed by atoms with Crippen LogP contribution in [0, 0.1) is 40.9 Å². The topological polar surface area (TPSA) is 70.3 Å². The summed E-state index contributed by atoms with van der Waals surface area (Å²) in [4.78, 5) is 12.0. The summed E-state index contributed by atoms with van der Waals surface area (Å²) in [6.45, 7) is 1.91. The van der Waals surface area contributed by atoms with Gasteiger partial charge in [0.1, 0.15) is 6.07 Å². The van der Waals surface area contributed by atoms with Crippen LogP contribution in [0.15, 0.2) is 0 Å². The Labute approximate surface area is 113 Å². The van der Waals surface area contributed by atoms with E-state index < -0.39 is 11.6 Å². The van der Waals surface area contributed by atoms with Crippen molar-refractivity contribution in [3.05, 3.63) is 0 Å². The molecule has 0 radical (unpaired) electrons. The van der Waals surface area contributed by atoms with E-state index in [9.17, 15) is 15.2 Å². The smallest absolute Gasteiger partial charge is 0.353 e. The molecule has 4 fully saturated rings. The lowest BCUT2D eigenvalue weighted by atomic mass is 9.49. The Balaban J connectivity index is 1.88. The van der Waals surface area contributed by atoms with E-state index in [1.54, 1.807) is 6.92 Å². The molecule has 1 N–H and O–H groups in total. The number of nitrogens with zero attached hydrogens (tertiary/aromatic N) is 1. The van der Waals surface area contributed by atoms with Crippen molar-refractivity contribution in [3.8, 4) is 6.07 Å². The highest BCUT2D eigenvalue weighted by Crippen LogP contribution is 2.59. The van der Waals surface area contributed by atoms with Crippen molar-refractivity contribution >= 4 is 5.97 Å². The second kappa shape index (κ2) is 4.49. The van der Waals surface area contributed by atoms with Gasteiger partial charge in [0.15, 0.2) is 0 Å². The Morgan fingerprint density at radius 1 is 1.26 bits per heavy atom. The van der Waals surface area contributed by atoms with E-state index in [1.165, 1.54) is 6.42 Å². The fourth-order valence-corrected chi connectivity index (χ4v) is 5.10. The van der Waals surface area contributed by atoms with Crippen LogP contribution in [0.2, 0.25) is 0 Å². The molecule has 0 amide bonds. The third kappa shape index (κ3) is 1.87. The molecule has 4 heteroatoms. The van der Waals surface area contributed by atoms with Gasteiger partial charge in [-0.25, -0.2) is 4.79 Å². The molecule has 0 spiro atoms. The summed E-state index contributed by atoms with van der Waals surface area (Å²) in [6.07, 6.45) is 5.59. The molecule has 4 bridgehead atoms. The highest BCUT2D eigenvalue weighted by atomic mass is 16.5. The van der Waals surface area contributed by atoms with Crippen LogP contribution in [0.25, 0.3) is 0 Å². The number of carbonyl (C=O) groups excluding carboxylic acids is 1. The Morgan fingerprint density at radius 2 is 1.79 bits per heavy atom. The number of rotatable bonds is 3. The lowest BCUT2D eigenvalue weighted by Crippen LogP contribution is -2.58. The second-order valence-corrected chi connectivity index (χ2v) is 6.56. The van der Waals surface area contributed by atoms with E-state index in [0.717, 1.165) is 37.5 Å². The van der Waals surface area contributed by atoms with Crippen molar-refractivity contribution in [3.63, 3.8) is 0 Å². The summed E-state index contributed by atoms with van der Waals surface area (Å²) in [5.41, 5.74) is -1.93. The van der Waals surface area contributed by atoms with Crippen LogP contribution in [-0.2, 0) is 9.53 Å². The molecule has 0 saturated heterocycles. The molecule has 0 aliphatic heterocycles.